The van der Waals surface area contributed by atoms with E-state index in [2.05, 4.69) is 0 Å². The molecule has 0 saturated carbocycles. The second kappa shape index (κ2) is 5.33. The Kier molecular flexibility index (Phi) is 3.34. The summed E-state index contributed by atoms with van der Waals surface area (Å²) in [6.07, 6.45) is 0. The number of benzene rings is 2. The number of nitro benzene ring substituents is 1. The van der Waals surface area contributed by atoms with Crippen LogP contribution in [0.1, 0.15) is 5.56 Å². The summed E-state index contributed by atoms with van der Waals surface area (Å²) in [6, 6.07) is 12.6. The van der Waals surface area contributed by atoms with Gasteiger partial charge in [-0.25, -0.2) is 4.79 Å². The van der Waals surface area contributed by atoms with Crippen LogP contribution in [-0.2, 0) is 0 Å². The molecular weight excluding hydrogens is 286 g/mol. The van der Waals surface area contributed by atoms with Gasteiger partial charge in [0.05, 0.1) is 4.92 Å². The van der Waals surface area contributed by atoms with E-state index in [-0.39, 0.29) is 11.4 Å². The van der Waals surface area contributed by atoms with E-state index < -0.39 is 10.5 Å². The van der Waals surface area contributed by atoms with Crippen molar-refractivity contribution in [1.29, 1.82) is 0 Å². The molecule has 0 radical (unpaired) electrons. The monoisotopic (exact) mass is 297 g/mol. The molecule has 110 valence electrons. The molecule has 0 fully saturated rings. The summed E-state index contributed by atoms with van der Waals surface area (Å²) in [6.45, 7) is 1.77. The van der Waals surface area contributed by atoms with Gasteiger partial charge in [-0.15, -0.1) is 0 Å². The molecule has 0 bridgehead atoms. The second-order valence-electron chi connectivity index (χ2n) is 4.78. The van der Waals surface area contributed by atoms with Gasteiger partial charge < -0.3 is 9.15 Å². The van der Waals surface area contributed by atoms with Crippen molar-refractivity contribution in [3.63, 3.8) is 0 Å². The summed E-state index contributed by atoms with van der Waals surface area (Å²) >= 11 is 0. The van der Waals surface area contributed by atoms with E-state index >= 15 is 0 Å². The van der Waals surface area contributed by atoms with Crippen LogP contribution in [0.25, 0.3) is 11.0 Å². The summed E-state index contributed by atoms with van der Waals surface area (Å²) in [5.41, 5.74) is 0.545. The second-order valence-corrected chi connectivity index (χ2v) is 4.78. The number of nitro groups is 1. The van der Waals surface area contributed by atoms with E-state index in [1.807, 2.05) is 0 Å². The van der Waals surface area contributed by atoms with Crippen molar-refractivity contribution >= 4 is 16.7 Å². The molecule has 0 N–H and O–H groups in total. The highest BCUT2D eigenvalue weighted by molar-refractivity contribution is 5.77. The first-order valence-electron chi connectivity index (χ1n) is 6.50. The predicted molar refractivity (Wildman–Crippen MR) is 80.4 cm³/mol. The first-order valence-corrected chi connectivity index (χ1v) is 6.50. The molecule has 2 aromatic carbocycles. The van der Waals surface area contributed by atoms with E-state index in [4.69, 9.17) is 9.15 Å². The van der Waals surface area contributed by atoms with Crippen LogP contribution in [-0.4, -0.2) is 4.92 Å². The molecule has 1 aromatic heterocycles. The molecule has 0 atom stereocenters. The molecule has 6 nitrogen and oxygen atoms in total. The Bertz CT molecular complexity index is 929. The Morgan fingerprint density at radius 1 is 1.09 bits per heavy atom. The largest absolute Gasteiger partial charge is 0.450 e. The zero-order chi connectivity index (χ0) is 15.7. The number of aryl methyl sites for hydroxylation is 1. The van der Waals surface area contributed by atoms with Gasteiger partial charge in [-0.1, -0.05) is 6.07 Å². The molecule has 0 amide bonds. The lowest BCUT2D eigenvalue weighted by molar-refractivity contribution is -0.385. The Hall–Kier alpha value is -3.15. The van der Waals surface area contributed by atoms with E-state index in [1.165, 1.54) is 18.2 Å². The SMILES string of the molecule is Cc1ccc(Oc2ccc3ccc(=O)oc3c2)c([N+](=O)[O-])c1. The molecule has 0 unspecified atom stereocenters. The summed E-state index contributed by atoms with van der Waals surface area (Å²) in [7, 11) is 0. The number of rotatable bonds is 3. The van der Waals surface area contributed by atoms with Gasteiger partial charge in [0.15, 0.2) is 0 Å². The number of nitrogens with zero attached hydrogens (tertiary/aromatic N) is 1. The van der Waals surface area contributed by atoms with Crippen LogP contribution in [0.3, 0.4) is 0 Å². The van der Waals surface area contributed by atoms with E-state index in [0.717, 1.165) is 10.9 Å². The topological polar surface area (TPSA) is 82.6 Å². The molecule has 0 aliphatic carbocycles. The van der Waals surface area contributed by atoms with Gasteiger partial charge in [0.2, 0.25) is 5.75 Å². The fourth-order valence-electron chi connectivity index (χ4n) is 2.09. The van der Waals surface area contributed by atoms with Gasteiger partial charge in [-0.05, 0) is 36.8 Å². The van der Waals surface area contributed by atoms with E-state index in [9.17, 15) is 14.9 Å². The third kappa shape index (κ3) is 2.67. The van der Waals surface area contributed by atoms with Crippen LogP contribution in [0.15, 0.2) is 57.7 Å². The molecule has 0 spiro atoms. The van der Waals surface area contributed by atoms with Crippen molar-refractivity contribution in [2.75, 3.05) is 0 Å². The number of hydrogen-bond donors (Lipinski definition) is 0. The standard InChI is InChI=1S/C16H11NO5/c1-10-2-6-14(13(8-10)17(19)20)21-12-5-3-11-4-7-16(18)22-15(11)9-12/h2-9H,1H3. The smallest absolute Gasteiger partial charge is 0.336 e. The van der Waals surface area contributed by atoms with Gasteiger partial charge in [-0.2, -0.15) is 0 Å². The van der Waals surface area contributed by atoms with E-state index in [0.29, 0.717) is 11.3 Å². The molecule has 22 heavy (non-hydrogen) atoms. The maximum atomic E-state index is 11.2. The summed E-state index contributed by atoms with van der Waals surface area (Å²) in [4.78, 5) is 21.8. The van der Waals surface area contributed by atoms with Crippen LogP contribution >= 0.6 is 0 Å². The summed E-state index contributed by atoms with van der Waals surface area (Å²) in [5.74, 6) is 0.488. The van der Waals surface area contributed by atoms with Crippen LogP contribution in [0.2, 0.25) is 0 Å². The Labute approximate surface area is 124 Å². The molecule has 0 aliphatic rings. The van der Waals surface area contributed by atoms with Gasteiger partial charge in [-0.3, -0.25) is 10.1 Å². The molecule has 1 heterocycles. The summed E-state index contributed by atoms with van der Waals surface area (Å²) in [5, 5.41) is 11.8. The lowest BCUT2D eigenvalue weighted by Crippen LogP contribution is -1.96. The Morgan fingerprint density at radius 2 is 1.86 bits per heavy atom. The Balaban J connectivity index is 2.03. The van der Waals surface area contributed by atoms with Crippen molar-refractivity contribution in [1.82, 2.24) is 0 Å². The van der Waals surface area contributed by atoms with Crippen LogP contribution in [0.5, 0.6) is 11.5 Å². The van der Waals surface area contributed by atoms with Crippen molar-refractivity contribution < 1.29 is 14.1 Å². The van der Waals surface area contributed by atoms with Gasteiger partial charge in [0.25, 0.3) is 0 Å². The quantitative estimate of drug-likeness (QED) is 0.417. The van der Waals surface area contributed by atoms with Gasteiger partial charge in [0.1, 0.15) is 11.3 Å². The number of fused-ring (bicyclic) bond motifs is 1. The zero-order valence-electron chi connectivity index (χ0n) is 11.6. The maximum absolute atomic E-state index is 11.2. The summed E-state index contributed by atoms with van der Waals surface area (Å²) < 4.78 is 10.6. The van der Waals surface area contributed by atoms with Crippen LogP contribution < -0.4 is 10.4 Å². The fourth-order valence-corrected chi connectivity index (χ4v) is 2.09. The first kappa shape index (κ1) is 13.8. The van der Waals surface area contributed by atoms with Crippen molar-refractivity contribution in [3.05, 3.63) is 74.6 Å². The van der Waals surface area contributed by atoms with Gasteiger partial charge in [0, 0.05) is 23.6 Å². The maximum Gasteiger partial charge on any atom is 0.336 e. The highest BCUT2D eigenvalue weighted by atomic mass is 16.6. The lowest BCUT2D eigenvalue weighted by atomic mass is 10.2. The first-order chi connectivity index (χ1) is 10.5. The molecule has 3 rings (SSSR count). The normalized spacial score (nSPS) is 10.6. The third-order valence-electron chi connectivity index (χ3n) is 3.13. The minimum absolute atomic E-state index is 0.116. The van der Waals surface area contributed by atoms with Crippen molar-refractivity contribution in [2.24, 2.45) is 0 Å². The zero-order valence-corrected chi connectivity index (χ0v) is 11.6. The number of ether oxygens (including phenoxy) is 1. The fraction of sp³-hybridized carbons (Fsp3) is 0.0625. The minimum Gasteiger partial charge on any atom is -0.450 e. The number of hydrogen-bond acceptors (Lipinski definition) is 5. The highest BCUT2D eigenvalue weighted by Gasteiger charge is 2.16. The lowest BCUT2D eigenvalue weighted by Gasteiger charge is -2.07. The van der Waals surface area contributed by atoms with Crippen molar-refractivity contribution in [2.45, 2.75) is 6.92 Å². The van der Waals surface area contributed by atoms with E-state index in [1.54, 1.807) is 37.3 Å². The van der Waals surface area contributed by atoms with Crippen LogP contribution in [0, 0.1) is 17.0 Å². The molecular formula is C16H11NO5. The highest BCUT2D eigenvalue weighted by Crippen LogP contribution is 2.33. The molecule has 0 saturated heterocycles. The Morgan fingerprint density at radius 3 is 2.64 bits per heavy atom. The molecule has 3 aromatic rings. The predicted octanol–water partition coefficient (Wildman–Crippen LogP) is 3.80. The van der Waals surface area contributed by atoms with Crippen LogP contribution in [0.4, 0.5) is 5.69 Å². The minimum atomic E-state index is -0.497. The molecule has 0 aliphatic heterocycles. The van der Waals surface area contributed by atoms with Crippen molar-refractivity contribution in [3.8, 4) is 11.5 Å². The average Bonchev–Trinajstić information content (AvgIpc) is 2.48. The molecule has 6 heteroatoms. The third-order valence-corrected chi connectivity index (χ3v) is 3.13. The average molecular weight is 297 g/mol. The van der Waals surface area contributed by atoms with Gasteiger partial charge >= 0.3 is 11.3 Å².